The van der Waals surface area contributed by atoms with Crippen molar-refractivity contribution < 1.29 is 9.59 Å². The second-order valence-corrected chi connectivity index (χ2v) is 6.68. The molecule has 0 spiro atoms. The molecule has 1 aliphatic carbocycles. The number of aryl methyl sites for hydroxylation is 1. The average molecular weight is 333 g/mol. The Labute approximate surface area is 142 Å². The lowest BCUT2D eigenvalue weighted by atomic mass is 9.81. The minimum absolute atomic E-state index is 0.137. The fraction of sp³-hybridized carbons (Fsp3) is 0.611. The van der Waals surface area contributed by atoms with Crippen LogP contribution in [0.1, 0.15) is 46.0 Å². The second kappa shape index (κ2) is 8.66. The molecule has 1 aliphatic rings. The topological polar surface area (TPSA) is 80.2 Å². The summed E-state index contributed by atoms with van der Waals surface area (Å²) in [5.41, 5.74) is 0.305. The molecule has 1 aromatic heterocycles. The Hall–Kier alpha value is -2.11. The third-order valence-corrected chi connectivity index (χ3v) is 4.67. The molecule has 1 heterocycles. The lowest BCUT2D eigenvalue weighted by Crippen LogP contribution is -2.37. The molecular formula is C18H27N3O3. The molecule has 0 aromatic carbocycles. The highest BCUT2D eigenvalue weighted by Gasteiger charge is 2.19. The van der Waals surface area contributed by atoms with Gasteiger partial charge in [-0.25, -0.2) is 0 Å². The zero-order chi connectivity index (χ0) is 17.5. The lowest BCUT2D eigenvalue weighted by Gasteiger charge is -2.26. The number of rotatable bonds is 5. The van der Waals surface area contributed by atoms with E-state index in [0.717, 1.165) is 12.3 Å². The fourth-order valence-electron chi connectivity index (χ4n) is 3.33. The van der Waals surface area contributed by atoms with Gasteiger partial charge in [-0.2, -0.15) is 0 Å². The molecule has 6 nitrogen and oxygen atoms in total. The van der Waals surface area contributed by atoms with E-state index in [4.69, 9.17) is 0 Å². The molecule has 0 radical (unpaired) electrons. The number of nitrogens with zero attached hydrogens (tertiary/aromatic N) is 1. The van der Waals surface area contributed by atoms with Gasteiger partial charge in [-0.3, -0.25) is 14.4 Å². The summed E-state index contributed by atoms with van der Waals surface area (Å²) in [6.45, 7) is 5.15. The number of nitrogens with one attached hydrogen (secondary N) is 2. The molecular weight excluding hydrogens is 306 g/mol. The molecule has 0 saturated heterocycles. The summed E-state index contributed by atoms with van der Waals surface area (Å²) in [4.78, 5) is 35.3. The Bertz CT molecular complexity index is 639. The van der Waals surface area contributed by atoms with E-state index in [1.807, 2.05) is 6.92 Å². The Morgan fingerprint density at radius 2 is 2.04 bits per heavy atom. The van der Waals surface area contributed by atoms with Crippen molar-refractivity contribution in [3.63, 3.8) is 0 Å². The molecule has 1 saturated carbocycles. The zero-order valence-corrected chi connectivity index (χ0v) is 14.5. The minimum Gasteiger partial charge on any atom is -0.348 e. The smallest absolute Gasteiger partial charge is 0.313 e. The SMILES string of the molecule is CCn1cc(NC(=O)C(=O)NCCC2CCCC(C)C2)ccc1=O. The highest BCUT2D eigenvalue weighted by atomic mass is 16.2. The Morgan fingerprint density at radius 1 is 1.25 bits per heavy atom. The van der Waals surface area contributed by atoms with Crippen molar-refractivity contribution in [1.82, 2.24) is 9.88 Å². The van der Waals surface area contributed by atoms with Crippen LogP contribution in [0, 0.1) is 11.8 Å². The van der Waals surface area contributed by atoms with E-state index in [1.54, 1.807) is 0 Å². The predicted molar refractivity (Wildman–Crippen MR) is 93.8 cm³/mol. The Morgan fingerprint density at radius 3 is 2.75 bits per heavy atom. The summed E-state index contributed by atoms with van der Waals surface area (Å²) >= 11 is 0. The number of hydrogen-bond donors (Lipinski definition) is 2. The summed E-state index contributed by atoms with van der Waals surface area (Å²) in [5, 5.41) is 5.21. The first-order chi connectivity index (χ1) is 11.5. The van der Waals surface area contributed by atoms with Crippen LogP contribution in [0.25, 0.3) is 0 Å². The van der Waals surface area contributed by atoms with Crippen LogP contribution in [-0.4, -0.2) is 22.9 Å². The Balaban J connectivity index is 1.77. The van der Waals surface area contributed by atoms with Crippen LogP contribution in [-0.2, 0) is 16.1 Å². The van der Waals surface area contributed by atoms with E-state index in [-0.39, 0.29) is 5.56 Å². The molecule has 0 bridgehead atoms. The van der Waals surface area contributed by atoms with Crippen LogP contribution in [0.2, 0.25) is 0 Å². The third-order valence-electron chi connectivity index (χ3n) is 4.67. The van der Waals surface area contributed by atoms with Gasteiger partial charge in [-0.05, 0) is 37.7 Å². The number of aromatic nitrogens is 1. The molecule has 2 atom stereocenters. The monoisotopic (exact) mass is 333 g/mol. The Kier molecular flexibility index (Phi) is 6.58. The molecule has 2 amide bonds. The molecule has 2 N–H and O–H groups in total. The van der Waals surface area contributed by atoms with Crippen molar-refractivity contribution in [2.45, 2.75) is 52.5 Å². The highest BCUT2D eigenvalue weighted by molar-refractivity contribution is 6.39. The van der Waals surface area contributed by atoms with Crippen molar-refractivity contribution in [3.05, 3.63) is 28.7 Å². The van der Waals surface area contributed by atoms with Crippen LogP contribution in [0.3, 0.4) is 0 Å². The van der Waals surface area contributed by atoms with Gasteiger partial charge in [0.25, 0.3) is 5.56 Å². The molecule has 6 heteroatoms. The fourth-order valence-corrected chi connectivity index (χ4v) is 3.33. The predicted octanol–water partition coefficient (Wildman–Crippen LogP) is 2.14. The molecule has 2 unspecified atom stereocenters. The summed E-state index contributed by atoms with van der Waals surface area (Å²) < 4.78 is 1.47. The second-order valence-electron chi connectivity index (χ2n) is 6.68. The van der Waals surface area contributed by atoms with E-state index in [2.05, 4.69) is 17.6 Å². The number of anilines is 1. The maximum atomic E-state index is 11.9. The quantitative estimate of drug-likeness (QED) is 0.810. The van der Waals surface area contributed by atoms with Gasteiger partial charge in [0.2, 0.25) is 0 Å². The van der Waals surface area contributed by atoms with Crippen molar-refractivity contribution in [2.75, 3.05) is 11.9 Å². The van der Waals surface area contributed by atoms with Gasteiger partial charge in [-0.1, -0.05) is 26.2 Å². The standard InChI is InChI=1S/C18H27N3O3/c1-3-21-12-15(7-8-16(21)22)20-18(24)17(23)19-10-9-14-6-4-5-13(2)11-14/h7-8,12-14H,3-6,9-11H2,1-2H3,(H,19,23)(H,20,24). The molecule has 2 rings (SSSR count). The van der Waals surface area contributed by atoms with Crippen molar-refractivity contribution in [2.24, 2.45) is 11.8 Å². The summed E-state index contributed by atoms with van der Waals surface area (Å²) in [7, 11) is 0. The van der Waals surface area contributed by atoms with Gasteiger partial charge in [0.05, 0.1) is 5.69 Å². The zero-order valence-electron chi connectivity index (χ0n) is 14.5. The van der Waals surface area contributed by atoms with Crippen LogP contribution >= 0.6 is 0 Å². The summed E-state index contributed by atoms with van der Waals surface area (Å²) in [6, 6.07) is 2.88. The summed E-state index contributed by atoms with van der Waals surface area (Å²) in [5.74, 6) is 0.0728. The van der Waals surface area contributed by atoms with Crippen LogP contribution in [0.5, 0.6) is 0 Å². The van der Waals surface area contributed by atoms with Crippen LogP contribution < -0.4 is 16.2 Å². The first-order valence-corrected chi connectivity index (χ1v) is 8.79. The number of carbonyl (C=O) groups is 2. The number of carbonyl (C=O) groups excluding carboxylic acids is 2. The van der Waals surface area contributed by atoms with Gasteiger partial charge >= 0.3 is 11.8 Å². The van der Waals surface area contributed by atoms with Gasteiger partial charge in [0, 0.05) is 25.4 Å². The van der Waals surface area contributed by atoms with Gasteiger partial charge in [0.1, 0.15) is 0 Å². The van der Waals surface area contributed by atoms with Crippen molar-refractivity contribution in [3.8, 4) is 0 Å². The largest absolute Gasteiger partial charge is 0.348 e. The van der Waals surface area contributed by atoms with Crippen molar-refractivity contribution in [1.29, 1.82) is 0 Å². The first-order valence-electron chi connectivity index (χ1n) is 8.79. The molecule has 1 fully saturated rings. The normalized spacial score (nSPS) is 20.4. The summed E-state index contributed by atoms with van der Waals surface area (Å²) in [6.07, 6.45) is 7.44. The first kappa shape index (κ1) is 18.2. The van der Waals surface area contributed by atoms with Gasteiger partial charge in [0.15, 0.2) is 0 Å². The van der Waals surface area contributed by atoms with Gasteiger partial charge in [-0.15, -0.1) is 0 Å². The molecule has 24 heavy (non-hydrogen) atoms. The number of hydrogen-bond acceptors (Lipinski definition) is 3. The van der Waals surface area contributed by atoms with E-state index in [0.29, 0.717) is 24.7 Å². The maximum Gasteiger partial charge on any atom is 0.313 e. The van der Waals surface area contributed by atoms with Gasteiger partial charge < -0.3 is 15.2 Å². The molecule has 132 valence electrons. The molecule has 0 aliphatic heterocycles. The van der Waals surface area contributed by atoms with Crippen molar-refractivity contribution >= 4 is 17.5 Å². The highest BCUT2D eigenvalue weighted by Crippen LogP contribution is 2.30. The van der Waals surface area contributed by atoms with Crippen LogP contribution in [0.4, 0.5) is 5.69 Å². The number of pyridine rings is 1. The van der Waals surface area contributed by atoms with E-state index in [9.17, 15) is 14.4 Å². The van der Waals surface area contributed by atoms with Crippen LogP contribution in [0.15, 0.2) is 23.1 Å². The third kappa shape index (κ3) is 5.22. The average Bonchev–Trinajstić information content (AvgIpc) is 2.56. The number of amides is 2. The van der Waals surface area contributed by atoms with E-state index >= 15 is 0 Å². The minimum atomic E-state index is -0.701. The van der Waals surface area contributed by atoms with E-state index in [1.165, 1.54) is 48.6 Å². The van der Waals surface area contributed by atoms with E-state index < -0.39 is 11.8 Å². The lowest BCUT2D eigenvalue weighted by molar-refractivity contribution is -0.136. The molecule has 1 aromatic rings. The maximum absolute atomic E-state index is 11.9.